The molecule has 1 aromatic heterocycles. The van der Waals surface area contributed by atoms with E-state index in [4.69, 9.17) is 17.3 Å². The van der Waals surface area contributed by atoms with Gasteiger partial charge < -0.3 is 10.6 Å². The van der Waals surface area contributed by atoms with Crippen LogP contribution in [-0.4, -0.2) is 16.8 Å². The maximum atomic E-state index is 6.44. The van der Waals surface area contributed by atoms with E-state index in [-0.39, 0.29) is 0 Å². The van der Waals surface area contributed by atoms with Gasteiger partial charge in [-0.25, -0.2) is 0 Å². The summed E-state index contributed by atoms with van der Waals surface area (Å²) in [7, 11) is 2.01. The molecule has 0 spiro atoms. The second kappa shape index (κ2) is 6.18. The summed E-state index contributed by atoms with van der Waals surface area (Å²) in [6.45, 7) is 5.64. The largest absolute Gasteiger partial charge is 0.397 e. The fourth-order valence-corrected chi connectivity index (χ4v) is 2.64. The number of benzene rings is 1. The SMILES string of the molecule is CCc1nn(CC)c(CN(C)c2ccccc2N)c1Cl. The first-order chi connectivity index (χ1) is 9.58. The molecule has 0 saturated carbocycles. The molecule has 0 fully saturated rings. The summed E-state index contributed by atoms with van der Waals surface area (Å²) in [5.74, 6) is 0. The number of aromatic nitrogens is 2. The lowest BCUT2D eigenvalue weighted by atomic mass is 10.2. The molecule has 0 bridgehead atoms. The number of para-hydroxylation sites is 2. The summed E-state index contributed by atoms with van der Waals surface area (Å²) in [5, 5.41) is 5.32. The van der Waals surface area contributed by atoms with Gasteiger partial charge in [-0.3, -0.25) is 4.68 Å². The van der Waals surface area contributed by atoms with Crippen molar-refractivity contribution >= 4 is 23.0 Å². The van der Waals surface area contributed by atoms with Crippen LogP contribution in [-0.2, 0) is 19.5 Å². The topological polar surface area (TPSA) is 47.1 Å². The molecular weight excluding hydrogens is 272 g/mol. The van der Waals surface area contributed by atoms with Crippen molar-refractivity contribution in [2.24, 2.45) is 0 Å². The van der Waals surface area contributed by atoms with Crippen LogP contribution < -0.4 is 10.6 Å². The lowest BCUT2D eigenvalue weighted by molar-refractivity contribution is 0.610. The molecule has 0 aliphatic carbocycles. The molecule has 0 amide bonds. The molecule has 1 aromatic carbocycles. The van der Waals surface area contributed by atoms with Gasteiger partial charge in [-0.05, 0) is 25.5 Å². The van der Waals surface area contributed by atoms with Gasteiger partial charge in [0, 0.05) is 13.6 Å². The van der Waals surface area contributed by atoms with Crippen LogP contribution in [0.2, 0.25) is 5.02 Å². The summed E-state index contributed by atoms with van der Waals surface area (Å²) in [4.78, 5) is 2.10. The highest BCUT2D eigenvalue weighted by Crippen LogP contribution is 2.27. The van der Waals surface area contributed by atoms with Crippen molar-refractivity contribution in [2.75, 3.05) is 17.7 Å². The molecule has 0 saturated heterocycles. The Morgan fingerprint density at radius 3 is 2.60 bits per heavy atom. The normalized spacial score (nSPS) is 10.8. The zero-order chi connectivity index (χ0) is 14.7. The van der Waals surface area contributed by atoms with Crippen LogP contribution in [0.1, 0.15) is 25.2 Å². The van der Waals surface area contributed by atoms with Crippen LogP contribution in [0.15, 0.2) is 24.3 Å². The number of nitrogen functional groups attached to an aromatic ring is 1. The molecule has 108 valence electrons. The first-order valence-electron chi connectivity index (χ1n) is 6.88. The van der Waals surface area contributed by atoms with E-state index >= 15 is 0 Å². The third-order valence-corrected chi connectivity index (χ3v) is 3.87. The minimum atomic E-state index is 0.688. The summed E-state index contributed by atoms with van der Waals surface area (Å²) in [5.41, 5.74) is 9.79. The van der Waals surface area contributed by atoms with E-state index in [9.17, 15) is 0 Å². The lowest BCUT2D eigenvalue weighted by Crippen LogP contribution is -2.20. The Morgan fingerprint density at radius 1 is 1.30 bits per heavy atom. The average Bonchev–Trinajstić information content (AvgIpc) is 2.75. The third kappa shape index (κ3) is 2.75. The zero-order valence-electron chi connectivity index (χ0n) is 12.2. The maximum Gasteiger partial charge on any atom is 0.0868 e. The van der Waals surface area contributed by atoms with Crippen molar-refractivity contribution in [3.8, 4) is 0 Å². The number of nitrogens with zero attached hydrogens (tertiary/aromatic N) is 3. The fourth-order valence-electron chi connectivity index (χ4n) is 2.31. The Hall–Kier alpha value is -1.68. The third-order valence-electron chi connectivity index (χ3n) is 3.43. The van der Waals surface area contributed by atoms with Crippen LogP contribution in [0.3, 0.4) is 0 Å². The number of nitrogens with two attached hydrogens (primary N) is 1. The first-order valence-corrected chi connectivity index (χ1v) is 7.25. The van der Waals surface area contributed by atoms with E-state index in [1.807, 2.05) is 36.0 Å². The van der Waals surface area contributed by atoms with E-state index < -0.39 is 0 Å². The Morgan fingerprint density at radius 2 is 2.00 bits per heavy atom. The Kier molecular flexibility index (Phi) is 4.55. The predicted octanol–water partition coefficient (Wildman–Crippen LogP) is 3.34. The van der Waals surface area contributed by atoms with Gasteiger partial charge in [-0.1, -0.05) is 30.7 Å². The lowest BCUT2D eigenvalue weighted by Gasteiger charge is -2.21. The minimum Gasteiger partial charge on any atom is -0.397 e. The molecule has 0 radical (unpaired) electrons. The zero-order valence-corrected chi connectivity index (χ0v) is 13.0. The molecule has 5 heteroatoms. The van der Waals surface area contributed by atoms with Gasteiger partial charge in [0.1, 0.15) is 0 Å². The van der Waals surface area contributed by atoms with E-state index in [0.29, 0.717) is 6.54 Å². The molecule has 2 N–H and O–H groups in total. The number of anilines is 2. The van der Waals surface area contributed by atoms with Crippen molar-refractivity contribution in [1.82, 2.24) is 9.78 Å². The van der Waals surface area contributed by atoms with E-state index in [1.54, 1.807) is 0 Å². The van der Waals surface area contributed by atoms with Crippen LogP contribution in [0.5, 0.6) is 0 Å². The number of rotatable bonds is 5. The summed E-state index contributed by atoms with van der Waals surface area (Å²) >= 11 is 6.44. The molecule has 0 atom stereocenters. The molecule has 0 aliphatic rings. The van der Waals surface area contributed by atoms with Crippen molar-refractivity contribution in [2.45, 2.75) is 33.4 Å². The molecule has 4 nitrogen and oxygen atoms in total. The summed E-state index contributed by atoms with van der Waals surface area (Å²) in [6, 6.07) is 7.84. The standard InChI is InChI=1S/C15H21ClN4/c1-4-12-15(16)14(20(5-2)18-12)10-19(3)13-9-7-6-8-11(13)17/h6-9H,4-5,10,17H2,1-3H3. The summed E-state index contributed by atoms with van der Waals surface area (Å²) in [6.07, 6.45) is 0.843. The monoisotopic (exact) mass is 292 g/mol. The predicted molar refractivity (Wildman–Crippen MR) is 85.3 cm³/mol. The second-order valence-corrected chi connectivity index (χ2v) is 5.17. The smallest absolute Gasteiger partial charge is 0.0868 e. The van der Waals surface area contributed by atoms with Crippen LogP contribution >= 0.6 is 11.6 Å². The van der Waals surface area contributed by atoms with Gasteiger partial charge in [0.25, 0.3) is 0 Å². The fraction of sp³-hybridized carbons (Fsp3) is 0.400. The van der Waals surface area contributed by atoms with E-state index in [2.05, 4.69) is 23.8 Å². The van der Waals surface area contributed by atoms with E-state index in [0.717, 1.165) is 40.8 Å². The highest BCUT2D eigenvalue weighted by molar-refractivity contribution is 6.31. The number of hydrogen-bond donors (Lipinski definition) is 1. The molecular formula is C15H21ClN4. The van der Waals surface area contributed by atoms with Crippen LogP contribution in [0, 0.1) is 0 Å². The Labute approximate surface area is 125 Å². The second-order valence-electron chi connectivity index (χ2n) is 4.79. The Bertz CT molecular complexity index is 592. The van der Waals surface area contributed by atoms with Gasteiger partial charge in [0.15, 0.2) is 0 Å². The quantitative estimate of drug-likeness (QED) is 0.860. The molecule has 20 heavy (non-hydrogen) atoms. The van der Waals surface area contributed by atoms with Gasteiger partial charge in [0.05, 0.1) is 34.3 Å². The number of halogens is 1. The summed E-state index contributed by atoms with van der Waals surface area (Å²) < 4.78 is 1.97. The Balaban J connectivity index is 2.30. The average molecular weight is 293 g/mol. The van der Waals surface area contributed by atoms with Gasteiger partial charge in [-0.2, -0.15) is 5.10 Å². The highest BCUT2D eigenvalue weighted by Gasteiger charge is 2.16. The molecule has 0 unspecified atom stereocenters. The van der Waals surface area contributed by atoms with Crippen molar-refractivity contribution in [1.29, 1.82) is 0 Å². The highest BCUT2D eigenvalue weighted by atomic mass is 35.5. The molecule has 2 rings (SSSR count). The maximum absolute atomic E-state index is 6.44. The van der Waals surface area contributed by atoms with E-state index in [1.165, 1.54) is 0 Å². The molecule has 2 aromatic rings. The van der Waals surface area contributed by atoms with Crippen molar-refractivity contribution < 1.29 is 0 Å². The van der Waals surface area contributed by atoms with Crippen LogP contribution in [0.25, 0.3) is 0 Å². The number of hydrogen-bond acceptors (Lipinski definition) is 3. The molecule has 1 heterocycles. The number of aryl methyl sites for hydroxylation is 2. The van der Waals surface area contributed by atoms with Gasteiger partial charge in [-0.15, -0.1) is 0 Å². The van der Waals surface area contributed by atoms with Crippen LogP contribution in [0.4, 0.5) is 11.4 Å². The van der Waals surface area contributed by atoms with Crippen molar-refractivity contribution in [3.63, 3.8) is 0 Å². The molecule has 0 aliphatic heterocycles. The first kappa shape index (κ1) is 14.7. The van der Waals surface area contributed by atoms with Gasteiger partial charge >= 0.3 is 0 Å². The minimum absolute atomic E-state index is 0.688. The van der Waals surface area contributed by atoms with Gasteiger partial charge in [0.2, 0.25) is 0 Å². The van der Waals surface area contributed by atoms with Crippen molar-refractivity contribution in [3.05, 3.63) is 40.7 Å².